The van der Waals surface area contributed by atoms with Crippen molar-refractivity contribution in [3.05, 3.63) is 35.4 Å². The number of benzene rings is 1. The first kappa shape index (κ1) is 12.2. The molecule has 98 valence electrons. The maximum atomic E-state index is 2.71. The van der Waals surface area contributed by atoms with Gasteiger partial charge in [0.05, 0.1) is 0 Å². The van der Waals surface area contributed by atoms with E-state index >= 15 is 0 Å². The number of piperazine rings is 1. The Kier molecular flexibility index (Phi) is 3.67. The van der Waals surface area contributed by atoms with Gasteiger partial charge < -0.3 is 4.90 Å². The second kappa shape index (κ2) is 5.41. The van der Waals surface area contributed by atoms with Crippen LogP contribution in [0.3, 0.4) is 0 Å². The van der Waals surface area contributed by atoms with Gasteiger partial charge in [-0.3, -0.25) is 4.90 Å². The Labute approximate surface area is 111 Å². The molecule has 3 rings (SSSR count). The van der Waals surface area contributed by atoms with Crippen LogP contribution >= 0.6 is 0 Å². The maximum absolute atomic E-state index is 2.71. The molecule has 0 radical (unpaired) electrons. The van der Waals surface area contributed by atoms with E-state index in [4.69, 9.17) is 0 Å². The summed E-state index contributed by atoms with van der Waals surface area (Å²) in [6.45, 7) is 8.45. The molecule has 0 spiro atoms. The van der Waals surface area contributed by atoms with Crippen LogP contribution in [0.4, 0.5) is 0 Å². The van der Waals surface area contributed by atoms with Crippen LogP contribution in [0.25, 0.3) is 0 Å². The third-order valence-electron chi connectivity index (χ3n) is 4.63. The van der Waals surface area contributed by atoms with E-state index in [1.54, 1.807) is 11.1 Å². The minimum atomic E-state index is 0.689. The summed E-state index contributed by atoms with van der Waals surface area (Å²) >= 11 is 0. The molecule has 2 nitrogen and oxygen atoms in total. The normalized spacial score (nSPS) is 25.9. The van der Waals surface area contributed by atoms with Crippen LogP contribution < -0.4 is 0 Å². The van der Waals surface area contributed by atoms with E-state index in [2.05, 4.69) is 41.0 Å². The van der Waals surface area contributed by atoms with Gasteiger partial charge >= 0.3 is 0 Å². The predicted molar refractivity (Wildman–Crippen MR) is 75.8 cm³/mol. The first-order valence-electron chi connectivity index (χ1n) is 7.42. The Balaban J connectivity index is 1.74. The van der Waals surface area contributed by atoms with E-state index in [0.29, 0.717) is 6.04 Å². The summed E-state index contributed by atoms with van der Waals surface area (Å²) in [6.07, 6.45) is 3.99. The molecule has 1 aromatic rings. The highest BCUT2D eigenvalue weighted by atomic mass is 15.3. The lowest BCUT2D eigenvalue weighted by molar-refractivity contribution is 0.0912. The highest BCUT2D eigenvalue weighted by Gasteiger charge is 2.27. The van der Waals surface area contributed by atoms with Gasteiger partial charge in [0.25, 0.3) is 0 Å². The third-order valence-corrected chi connectivity index (χ3v) is 4.63. The Bertz CT molecular complexity index is 394. The molecule has 2 heteroatoms. The summed E-state index contributed by atoms with van der Waals surface area (Å²) in [4.78, 5) is 5.27. The van der Waals surface area contributed by atoms with Crippen molar-refractivity contribution in [2.24, 2.45) is 0 Å². The molecule has 1 aromatic carbocycles. The lowest BCUT2D eigenvalue weighted by atomic mass is 9.86. The molecule has 2 aliphatic rings. The van der Waals surface area contributed by atoms with Crippen molar-refractivity contribution in [2.75, 3.05) is 32.7 Å². The zero-order valence-electron chi connectivity index (χ0n) is 11.4. The molecule has 1 saturated heterocycles. The van der Waals surface area contributed by atoms with Crippen molar-refractivity contribution in [1.29, 1.82) is 0 Å². The molecule has 18 heavy (non-hydrogen) atoms. The fourth-order valence-corrected chi connectivity index (χ4v) is 3.50. The van der Waals surface area contributed by atoms with Gasteiger partial charge in [-0.2, -0.15) is 0 Å². The van der Waals surface area contributed by atoms with E-state index in [9.17, 15) is 0 Å². The summed E-state index contributed by atoms with van der Waals surface area (Å²) < 4.78 is 0. The number of rotatable bonds is 2. The first-order chi connectivity index (χ1) is 8.88. The molecule has 1 fully saturated rings. The first-order valence-corrected chi connectivity index (χ1v) is 7.42. The molecule has 0 bridgehead atoms. The van der Waals surface area contributed by atoms with Crippen LogP contribution in [-0.2, 0) is 6.42 Å². The molecule has 1 atom stereocenters. The quantitative estimate of drug-likeness (QED) is 0.789. The smallest absolute Gasteiger partial charge is 0.0352 e. The lowest BCUT2D eigenvalue weighted by Gasteiger charge is -2.41. The van der Waals surface area contributed by atoms with Gasteiger partial charge in [-0.25, -0.2) is 0 Å². The van der Waals surface area contributed by atoms with Gasteiger partial charge in [-0.1, -0.05) is 31.2 Å². The second-order valence-electron chi connectivity index (χ2n) is 5.58. The highest BCUT2D eigenvalue weighted by molar-refractivity contribution is 5.32. The molecule has 1 heterocycles. The molecular formula is C16H24N2. The zero-order valence-corrected chi connectivity index (χ0v) is 11.4. The lowest BCUT2D eigenvalue weighted by Crippen LogP contribution is -2.47. The predicted octanol–water partition coefficient (Wildman–Crippen LogP) is 2.70. The summed E-state index contributed by atoms with van der Waals surface area (Å²) in [5, 5.41) is 0. The van der Waals surface area contributed by atoms with Crippen molar-refractivity contribution in [3.63, 3.8) is 0 Å². The fraction of sp³-hybridized carbons (Fsp3) is 0.625. The molecular weight excluding hydrogens is 220 g/mol. The number of hydrogen-bond donors (Lipinski definition) is 0. The highest BCUT2D eigenvalue weighted by Crippen LogP contribution is 2.34. The average Bonchev–Trinajstić information content (AvgIpc) is 2.47. The molecule has 0 amide bonds. The molecule has 1 aliphatic carbocycles. The summed E-state index contributed by atoms with van der Waals surface area (Å²) in [5.41, 5.74) is 3.19. The molecule has 1 unspecified atom stereocenters. The number of aryl methyl sites for hydroxylation is 1. The maximum Gasteiger partial charge on any atom is 0.0352 e. The molecule has 0 N–H and O–H groups in total. The Morgan fingerprint density at radius 2 is 1.89 bits per heavy atom. The Hall–Kier alpha value is -0.860. The standard InChI is InChI=1S/C16H24N2/c1-2-17-10-12-18(13-11-17)16-9-5-7-14-6-3-4-8-15(14)16/h3-4,6,8,16H,2,5,7,9-13H2,1H3. The minimum absolute atomic E-state index is 0.689. The van der Waals surface area contributed by atoms with Crippen LogP contribution in [-0.4, -0.2) is 42.5 Å². The van der Waals surface area contributed by atoms with Crippen molar-refractivity contribution < 1.29 is 0 Å². The third kappa shape index (κ3) is 2.32. The van der Waals surface area contributed by atoms with Gasteiger partial charge in [0, 0.05) is 32.2 Å². The van der Waals surface area contributed by atoms with Gasteiger partial charge in [0.1, 0.15) is 0 Å². The van der Waals surface area contributed by atoms with Gasteiger partial charge in [-0.15, -0.1) is 0 Å². The summed E-state index contributed by atoms with van der Waals surface area (Å²) in [6, 6.07) is 9.76. The van der Waals surface area contributed by atoms with Crippen LogP contribution in [0.1, 0.15) is 36.9 Å². The molecule has 0 aromatic heterocycles. The van der Waals surface area contributed by atoms with E-state index in [1.165, 1.54) is 52.0 Å². The SMILES string of the molecule is CCN1CCN(C2CCCc3ccccc32)CC1. The number of hydrogen-bond acceptors (Lipinski definition) is 2. The fourth-order valence-electron chi connectivity index (χ4n) is 3.50. The minimum Gasteiger partial charge on any atom is -0.301 e. The van der Waals surface area contributed by atoms with Crippen LogP contribution in [0.15, 0.2) is 24.3 Å². The molecule has 0 saturated carbocycles. The van der Waals surface area contributed by atoms with Crippen LogP contribution in [0.2, 0.25) is 0 Å². The number of likely N-dealkylation sites (N-methyl/N-ethyl adjacent to an activating group) is 1. The summed E-state index contributed by atoms with van der Waals surface area (Å²) in [5.74, 6) is 0. The number of nitrogens with zero attached hydrogens (tertiary/aromatic N) is 2. The van der Waals surface area contributed by atoms with Gasteiger partial charge in [0.15, 0.2) is 0 Å². The van der Waals surface area contributed by atoms with Crippen molar-refractivity contribution >= 4 is 0 Å². The topological polar surface area (TPSA) is 6.48 Å². The monoisotopic (exact) mass is 244 g/mol. The molecule has 1 aliphatic heterocycles. The van der Waals surface area contributed by atoms with E-state index in [-0.39, 0.29) is 0 Å². The van der Waals surface area contributed by atoms with E-state index in [1.807, 2.05) is 0 Å². The zero-order chi connectivity index (χ0) is 12.4. The van der Waals surface area contributed by atoms with Crippen molar-refractivity contribution in [2.45, 2.75) is 32.2 Å². The average molecular weight is 244 g/mol. The Morgan fingerprint density at radius 3 is 2.67 bits per heavy atom. The van der Waals surface area contributed by atoms with Crippen LogP contribution in [0, 0.1) is 0 Å². The van der Waals surface area contributed by atoms with E-state index in [0.717, 1.165) is 0 Å². The summed E-state index contributed by atoms with van der Waals surface area (Å²) in [7, 11) is 0. The number of fused-ring (bicyclic) bond motifs is 1. The largest absolute Gasteiger partial charge is 0.301 e. The Morgan fingerprint density at radius 1 is 1.11 bits per heavy atom. The van der Waals surface area contributed by atoms with Gasteiger partial charge in [0.2, 0.25) is 0 Å². The van der Waals surface area contributed by atoms with Crippen LogP contribution in [0.5, 0.6) is 0 Å². The van der Waals surface area contributed by atoms with Crippen molar-refractivity contribution in [3.8, 4) is 0 Å². The van der Waals surface area contributed by atoms with E-state index < -0.39 is 0 Å². The van der Waals surface area contributed by atoms with Gasteiger partial charge in [-0.05, 0) is 36.9 Å². The second-order valence-corrected chi connectivity index (χ2v) is 5.58. The van der Waals surface area contributed by atoms with Crippen molar-refractivity contribution in [1.82, 2.24) is 9.80 Å².